The van der Waals surface area contributed by atoms with Crippen LogP contribution in [0.15, 0.2) is 0 Å². The number of rotatable bonds is 0. The van der Waals surface area contributed by atoms with E-state index >= 15 is 0 Å². The normalized spacial score (nSPS) is 11.0. The van der Waals surface area contributed by atoms with Crippen LogP contribution in [0, 0.1) is 0 Å². The summed E-state index contributed by atoms with van der Waals surface area (Å²) in [6.07, 6.45) is 1.22. The van der Waals surface area contributed by atoms with Gasteiger partial charge in [-0.15, -0.1) is 0 Å². The fourth-order valence-corrected chi connectivity index (χ4v) is 0. The van der Waals surface area contributed by atoms with Crippen LogP contribution in [0.5, 0.6) is 0 Å². The van der Waals surface area contributed by atoms with Gasteiger partial charge in [0.15, 0.2) is 0 Å². The SMILES string of the molecule is CCP(#P)I. The molecule has 0 bridgehead atoms. The van der Waals surface area contributed by atoms with Crippen molar-refractivity contribution in [3.63, 3.8) is 0 Å². The maximum atomic E-state index is 4.15. The summed E-state index contributed by atoms with van der Waals surface area (Å²) in [4.78, 5) is 0. The Balaban J connectivity index is 2.97. The molecule has 0 rings (SSSR count). The van der Waals surface area contributed by atoms with Gasteiger partial charge in [0, 0.05) is 0 Å². The Bertz CT molecular complexity index is 69.5. The summed E-state index contributed by atoms with van der Waals surface area (Å²) in [7, 11) is 4.15. The van der Waals surface area contributed by atoms with Gasteiger partial charge >= 0.3 is 48.1 Å². The van der Waals surface area contributed by atoms with Gasteiger partial charge in [0.05, 0.1) is 0 Å². The monoisotopic (exact) mass is 218 g/mol. The van der Waals surface area contributed by atoms with E-state index in [4.69, 9.17) is 0 Å². The molecule has 0 aliphatic heterocycles. The molecule has 0 aromatic rings. The summed E-state index contributed by atoms with van der Waals surface area (Å²) in [6, 6.07) is 0. The molecule has 1 unspecified atom stereocenters. The van der Waals surface area contributed by atoms with Gasteiger partial charge in [0.2, 0.25) is 0 Å². The van der Waals surface area contributed by atoms with Gasteiger partial charge in [-0.3, -0.25) is 0 Å². The second-order valence-electron chi connectivity index (χ2n) is 0.653. The van der Waals surface area contributed by atoms with E-state index in [0.29, 0.717) is 0 Å². The van der Waals surface area contributed by atoms with Crippen molar-refractivity contribution >= 4 is 35.0 Å². The molecule has 0 saturated heterocycles. The molecule has 0 saturated carbocycles. The molecule has 3 heteroatoms. The van der Waals surface area contributed by atoms with Crippen LogP contribution in [0.2, 0.25) is 0 Å². The van der Waals surface area contributed by atoms with Crippen LogP contribution >= 0.6 is 35.0 Å². The molecule has 0 N–H and O–H groups in total. The Kier molecular flexibility index (Phi) is 4.71. The molecule has 0 aromatic heterocycles. The molecule has 0 spiro atoms. The third-order valence-corrected chi connectivity index (χ3v) is 3.68. The van der Waals surface area contributed by atoms with Crippen LogP contribution in [-0.2, 0) is 0 Å². The van der Waals surface area contributed by atoms with Gasteiger partial charge in [-0.25, -0.2) is 0 Å². The summed E-state index contributed by atoms with van der Waals surface area (Å²) >= 11 is 2.34. The van der Waals surface area contributed by atoms with Crippen molar-refractivity contribution in [2.75, 3.05) is 6.16 Å². The van der Waals surface area contributed by atoms with Crippen LogP contribution < -0.4 is 0 Å². The predicted octanol–water partition coefficient (Wildman–Crippen LogP) is 3.16. The zero-order valence-corrected chi connectivity index (χ0v) is 6.93. The standard InChI is InChI=1S/C2H5IP2/c1-2-5(3)4/h2H2,1H3. The molecule has 0 aliphatic carbocycles. The van der Waals surface area contributed by atoms with Crippen LogP contribution in [0.4, 0.5) is 0 Å². The van der Waals surface area contributed by atoms with Gasteiger partial charge in [0.25, 0.3) is 0 Å². The zero-order valence-electron chi connectivity index (χ0n) is 2.98. The van der Waals surface area contributed by atoms with Crippen molar-refractivity contribution < 1.29 is 0 Å². The van der Waals surface area contributed by atoms with Crippen molar-refractivity contribution in [1.29, 1.82) is 0 Å². The summed E-state index contributed by atoms with van der Waals surface area (Å²) in [5.41, 5.74) is 0. The summed E-state index contributed by atoms with van der Waals surface area (Å²) in [6.45, 7) is 2.14. The number of halogens is 1. The second-order valence-corrected chi connectivity index (χ2v) is 9.19. The molecule has 1 atom stereocenters. The molecule has 0 radical (unpaired) electrons. The first-order valence-electron chi connectivity index (χ1n) is 1.39. The van der Waals surface area contributed by atoms with E-state index in [1.54, 1.807) is 0 Å². The van der Waals surface area contributed by atoms with E-state index in [2.05, 4.69) is 37.3 Å². The third-order valence-electron chi connectivity index (χ3n) is 0.261. The Morgan fingerprint density at radius 3 is 2.20 bits per heavy atom. The molecular weight excluding hydrogens is 213 g/mol. The molecule has 0 nitrogen and oxygen atoms in total. The Hall–Kier alpha value is 1.46. The van der Waals surface area contributed by atoms with Crippen molar-refractivity contribution in [1.82, 2.24) is 0 Å². The topological polar surface area (TPSA) is 0 Å². The van der Waals surface area contributed by atoms with Crippen molar-refractivity contribution in [2.45, 2.75) is 6.92 Å². The molecule has 0 aromatic carbocycles. The molecule has 5 heavy (non-hydrogen) atoms. The van der Waals surface area contributed by atoms with Crippen LogP contribution in [0.25, 0.3) is 0 Å². The fourth-order valence-electron chi connectivity index (χ4n) is 0. The van der Waals surface area contributed by atoms with Gasteiger partial charge < -0.3 is 0 Å². The Labute approximate surface area is 48.3 Å². The first-order valence-corrected chi connectivity index (χ1v) is 6.86. The first-order chi connectivity index (χ1) is 2.27. The van der Waals surface area contributed by atoms with Crippen molar-refractivity contribution in [3.8, 4) is 0 Å². The minimum atomic E-state index is 0.0662. The van der Waals surface area contributed by atoms with Gasteiger partial charge in [-0.1, -0.05) is 0 Å². The van der Waals surface area contributed by atoms with E-state index in [0.717, 1.165) is 0 Å². The van der Waals surface area contributed by atoms with Gasteiger partial charge in [-0.05, 0) is 0 Å². The minimum absolute atomic E-state index is 0.0662. The molecule has 0 amide bonds. The van der Waals surface area contributed by atoms with Crippen LogP contribution in [-0.4, -0.2) is 6.16 Å². The molecule has 30 valence electrons. The average Bonchev–Trinajstić information content (AvgIpc) is 1.38. The third kappa shape index (κ3) is 5.46. The number of hydrogen-bond acceptors (Lipinski definition) is 0. The van der Waals surface area contributed by atoms with Crippen LogP contribution in [0.1, 0.15) is 6.92 Å². The van der Waals surface area contributed by atoms with E-state index < -0.39 is 0 Å². The molecule has 0 aliphatic rings. The predicted molar refractivity (Wildman–Crippen MR) is 38.4 cm³/mol. The summed E-state index contributed by atoms with van der Waals surface area (Å²) in [5.74, 6) is 0. The molecular formula is C2H5IP2. The van der Waals surface area contributed by atoms with Crippen molar-refractivity contribution in [2.24, 2.45) is 0 Å². The van der Waals surface area contributed by atoms with Crippen molar-refractivity contribution in [3.05, 3.63) is 0 Å². The maximum absolute atomic E-state index is 4.15. The summed E-state index contributed by atoms with van der Waals surface area (Å²) < 4.78 is 0.0662. The van der Waals surface area contributed by atoms with E-state index in [-0.39, 0.29) is 4.67 Å². The summed E-state index contributed by atoms with van der Waals surface area (Å²) in [5, 5.41) is 0. The zero-order chi connectivity index (χ0) is 4.28. The Morgan fingerprint density at radius 1 is 2.00 bits per heavy atom. The van der Waals surface area contributed by atoms with Gasteiger partial charge in [0.1, 0.15) is 0 Å². The van der Waals surface area contributed by atoms with E-state index in [1.165, 1.54) is 6.16 Å². The number of hydrogen-bond donors (Lipinski definition) is 0. The second kappa shape index (κ2) is 3.64. The average molecular weight is 218 g/mol. The first kappa shape index (κ1) is 6.46. The molecule has 0 heterocycles. The quantitative estimate of drug-likeness (QED) is 0.432. The fraction of sp³-hybridized carbons (Fsp3) is 1.00. The van der Waals surface area contributed by atoms with Crippen LogP contribution in [0.3, 0.4) is 0 Å². The van der Waals surface area contributed by atoms with E-state index in [9.17, 15) is 0 Å². The van der Waals surface area contributed by atoms with E-state index in [1.807, 2.05) is 0 Å². The van der Waals surface area contributed by atoms with Gasteiger partial charge in [-0.2, -0.15) is 0 Å². The molecule has 0 fully saturated rings. The Morgan fingerprint density at radius 2 is 2.20 bits per heavy atom.